The molecular weight excluding hydrogens is 274 g/mol. The molecule has 0 saturated carbocycles. The van der Waals surface area contributed by atoms with Gasteiger partial charge in [0.1, 0.15) is 0 Å². The van der Waals surface area contributed by atoms with E-state index < -0.39 is 10.0 Å². The van der Waals surface area contributed by atoms with Crippen molar-refractivity contribution < 1.29 is 8.42 Å². The van der Waals surface area contributed by atoms with Crippen molar-refractivity contribution in [3.63, 3.8) is 0 Å². The number of nitrogens with one attached hydrogen (secondary N) is 1. The molecule has 2 rings (SSSR count). The second kappa shape index (κ2) is 6.49. The summed E-state index contributed by atoms with van der Waals surface area (Å²) in [7, 11) is -3.45. The van der Waals surface area contributed by atoms with Gasteiger partial charge < -0.3 is 0 Å². The molecule has 106 valence electrons. The molecule has 0 amide bonds. The molecule has 0 aliphatic rings. The molecule has 5 nitrogen and oxygen atoms in total. The minimum atomic E-state index is -3.45. The van der Waals surface area contributed by atoms with Gasteiger partial charge >= 0.3 is 0 Å². The van der Waals surface area contributed by atoms with Crippen LogP contribution in [0.1, 0.15) is 12.5 Å². The Kier molecular flexibility index (Phi) is 4.70. The summed E-state index contributed by atoms with van der Waals surface area (Å²) in [5, 5.41) is 5.23. The van der Waals surface area contributed by atoms with E-state index in [1.54, 1.807) is 36.1 Å². The zero-order chi connectivity index (χ0) is 14.4. The average molecular weight is 291 g/mol. The maximum Gasteiger partial charge on any atom is 0.234 e. The van der Waals surface area contributed by atoms with E-state index in [1.807, 2.05) is 30.3 Å². The number of aromatic nitrogens is 2. The summed E-state index contributed by atoms with van der Waals surface area (Å²) in [6.07, 6.45) is 5.03. The molecule has 0 aliphatic heterocycles. The van der Waals surface area contributed by atoms with Gasteiger partial charge in [0, 0.05) is 23.8 Å². The molecule has 1 unspecified atom stereocenters. The highest BCUT2D eigenvalue weighted by Crippen LogP contribution is 2.03. The van der Waals surface area contributed by atoms with E-state index in [2.05, 4.69) is 9.82 Å². The first-order valence-corrected chi connectivity index (χ1v) is 7.83. The van der Waals surface area contributed by atoms with E-state index in [9.17, 15) is 8.42 Å². The molecule has 1 aromatic carbocycles. The van der Waals surface area contributed by atoms with Crippen LogP contribution in [0.15, 0.2) is 54.2 Å². The van der Waals surface area contributed by atoms with Gasteiger partial charge in [-0.05, 0) is 24.6 Å². The summed E-state index contributed by atoms with van der Waals surface area (Å²) in [4.78, 5) is 0. The predicted octanol–water partition coefficient (Wildman–Crippen LogP) is 1.86. The Morgan fingerprint density at radius 2 is 2.05 bits per heavy atom. The third-order valence-corrected chi connectivity index (χ3v) is 3.85. The van der Waals surface area contributed by atoms with Crippen LogP contribution in [0.5, 0.6) is 0 Å². The van der Waals surface area contributed by atoms with Crippen LogP contribution in [-0.4, -0.2) is 24.2 Å². The third kappa shape index (κ3) is 4.64. The van der Waals surface area contributed by atoms with Crippen LogP contribution in [0.3, 0.4) is 0 Å². The summed E-state index contributed by atoms with van der Waals surface area (Å²) in [6, 6.07) is 10.9. The fourth-order valence-corrected chi connectivity index (χ4v) is 2.83. The highest BCUT2D eigenvalue weighted by molar-refractivity contribution is 7.92. The molecule has 1 N–H and O–H groups in total. The summed E-state index contributed by atoms with van der Waals surface area (Å²) in [5.41, 5.74) is 0.845. The number of hydrogen-bond donors (Lipinski definition) is 1. The third-order valence-electron chi connectivity index (χ3n) is 2.62. The van der Waals surface area contributed by atoms with E-state index in [0.29, 0.717) is 6.54 Å². The lowest BCUT2D eigenvalue weighted by atomic mass is 10.2. The molecule has 0 radical (unpaired) electrons. The highest BCUT2D eigenvalue weighted by Gasteiger charge is 2.11. The summed E-state index contributed by atoms with van der Waals surface area (Å²) in [6.45, 7) is 2.29. The maximum atomic E-state index is 11.9. The van der Waals surface area contributed by atoms with Crippen molar-refractivity contribution in [3.05, 3.63) is 59.8 Å². The fourth-order valence-electron chi connectivity index (χ4n) is 1.78. The van der Waals surface area contributed by atoms with E-state index in [0.717, 1.165) is 5.56 Å². The molecule has 0 saturated heterocycles. The molecule has 1 atom stereocenters. The van der Waals surface area contributed by atoms with E-state index in [4.69, 9.17) is 0 Å². The highest BCUT2D eigenvalue weighted by atomic mass is 32.2. The summed E-state index contributed by atoms with van der Waals surface area (Å²) in [5.74, 6) is 0. The second-order valence-corrected chi connectivity index (χ2v) is 6.10. The number of hydrogen-bond acceptors (Lipinski definition) is 3. The molecule has 1 aromatic heterocycles. The Balaban J connectivity index is 1.95. The Bertz CT molecular complexity index is 649. The minimum Gasteiger partial charge on any atom is -0.271 e. The lowest BCUT2D eigenvalue weighted by molar-refractivity contribution is 0.497. The van der Waals surface area contributed by atoms with Crippen LogP contribution in [0, 0.1) is 0 Å². The van der Waals surface area contributed by atoms with Gasteiger partial charge in [0.25, 0.3) is 0 Å². The van der Waals surface area contributed by atoms with Crippen LogP contribution in [0.4, 0.5) is 0 Å². The van der Waals surface area contributed by atoms with E-state index in [-0.39, 0.29) is 6.04 Å². The fraction of sp³-hybridized carbons (Fsp3) is 0.214. The number of sulfonamides is 1. The Morgan fingerprint density at radius 1 is 1.30 bits per heavy atom. The monoisotopic (exact) mass is 291 g/mol. The van der Waals surface area contributed by atoms with E-state index in [1.165, 1.54) is 5.41 Å². The van der Waals surface area contributed by atoms with Crippen molar-refractivity contribution >= 4 is 16.1 Å². The summed E-state index contributed by atoms with van der Waals surface area (Å²) >= 11 is 0. The van der Waals surface area contributed by atoms with Crippen molar-refractivity contribution in [1.29, 1.82) is 0 Å². The van der Waals surface area contributed by atoms with Gasteiger partial charge in [-0.25, -0.2) is 13.1 Å². The van der Waals surface area contributed by atoms with Gasteiger partial charge in [-0.15, -0.1) is 0 Å². The van der Waals surface area contributed by atoms with Crippen molar-refractivity contribution in [2.24, 2.45) is 0 Å². The van der Waals surface area contributed by atoms with Gasteiger partial charge in [0.15, 0.2) is 0 Å². The molecule has 0 bridgehead atoms. The zero-order valence-corrected chi connectivity index (χ0v) is 12.0. The maximum absolute atomic E-state index is 11.9. The van der Waals surface area contributed by atoms with Crippen LogP contribution in [-0.2, 0) is 16.6 Å². The lowest BCUT2D eigenvalue weighted by Gasteiger charge is -2.12. The molecule has 0 spiro atoms. The van der Waals surface area contributed by atoms with Crippen LogP contribution < -0.4 is 4.72 Å². The van der Waals surface area contributed by atoms with Gasteiger partial charge in [-0.2, -0.15) is 5.10 Å². The number of benzene rings is 1. The smallest absolute Gasteiger partial charge is 0.234 e. The standard InChI is InChI=1S/C14H17N3O2S/c1-13(12-17-10-5-9-15-17)16-20(18,19)11-8-14-6-3-2-4-7-14/h2-11,13,16H,12H2,1H3. The number of rotatable bonds is 6. The van der Waals surface area contributed by atoms with Gasteiger partial charge in [0.2, 0.25) is 10.0 Å². The first-order valence-electron chi connectivity index (χ1n) is 6.28. The van der Waals surface area contributed by atoms with Crippen molar-refractivity contribution in [3.8, 4) is 0 Å². The van der Waals surface area contributed by atoms with Crippen LogP contribution in [0.2, 0.25) is 0 Å². The molecule has 1 heterocycles. The lowest BCUT2D eigenvalue weighted by Crippen LogP contribution is -2.34. The minimum absolute atomic E-state index is 0.236. The van der Waals surface area contributed by atoms with Crippen molar-refractivity contribution in [2.45, 2.75) is 19.5 Å². The molecule has 6 heteroatoms. The Labute approximate surface area is 119 Å². The molecule has 2 aromatic rings. The van der Waals surface area contributed by atoms with E-state index >= 15 is 0 Å². The predicted molar refractivity (Wildman–Crippen MR) is 79.2 cm³/mol. The zero-order valence-electron chi connectivity index (χ0n) is 11.2. The van der Waals surface area contributed by atoms with Crippen LogP contribution in [0.25, 0.3) is 6.08 Å². The first-order chi connectivity index (χ1) is 9.55. The molecule has 0 fully saturated rings. The number of nitrogens with zero attached hydrogens (tertiary/aromatic N) is 2. The molecular formula is C14H17N3O2S. The normalized spacial score (nSPS) is 13.7. The van der Waals surface area contributed by atoms with Crippen molar-refractivity contribution in [2.75, 3.05) is 0 Å². The Hall–Kier alpha value is -1.92. The van der Waals surface area contributed by atoms with Gasteiger partial charge in [-0.3, -0.25) is 4.68 Å². The van der Waals surface area contributed by atoms with Gasteiger partial charge in [0.05, 0.1) is 6.54 Å². The van der Waals surface area contributed by atoms with Gasteiger partial charge in [-0.1, -0.05) is 30.3 Å². The van der Waals surface area contributed by atoms with Crippen LogP contribution >= 0.6 is 0 Å². The quantitative estimate of drug-likeness (QED) is 0.883. The summed E-state index contributed by atoms with van der Waals surface area (Å²) < 4.78 is 28.1. The average Bonchev–Trinajstić information content (AvgIpc) is 2.90. The SMILES string of the molecule is CC(Cn1cccn1)NS(=O)(=O)C=Cc1ccccc1. The largest absolute Gasteiger partial charge is 0.271 e. The Morgan fingerprint density at radius 3 is 2.70 bits per heavy atom. The topological polar surface area (TPSA) is 64.0 Å². The second-order valence-electron chi connectivity index (χ2n) is 4.51. The first kappa shape index (κ1) is 14.5. The molecule has 20 heavy (non-hydrogen) atoms. The molecule has 0 aliphatic carbocycles. The van der Waals surface area contributed by atoms with Crippen molar-refractivity contribution in [1.82, 2.24) is 14.5 Å².